The van der Waals surface area contributed by atoms with Gasteiger partial charge in [0.25, 0.3) is 0 Å². The second-order valence-electron chi connectivity index (χ2n) is 4.25. The molecule has 1 heterocycles. The van der Waals surface area contributed by atoms with Crippen molar-refractivity contribution in [3.63, 3.8) is 0 Å². The summed E-state index contributed by atoms with van der Waals surface area (Å²) in [6, 6.07) is 0.332. The highest BCUT2D eigenvalue weighted by Crippen LogP contribution is 2.24. The first-order valence-corrected chi connectivity index (χ1v) is 6.03. The van der Waals surface area contributed by atoms with Gasteiger partial charge in [-0.3, -0.25) is 0 Å². The van der Waals surface area contributed by atoms with E-state index in [1.807, 2.05) is 0 Å². The maximum Gasteiger partial charge on any atom is 0.322 e. The van der Waals surface area contributed by atoms with Gasteiger partial charge < -0.3 is 15.4 Å². The first-order valence-electron chi connectivity index (χ1n) is 6.03. The van der Waals surface area contributed by atoms with Crippen molar-refractivity contribution in [2.45, 2.75) is 25.7 Å². The van der Waals surface area contributed by atoms with E-state index in [2.05, 4.69) is 25.6 Å². The lowest BCUT2D eigenvalue weighted by Gasteiger charge is -2.11. The van der Waals surface area contributed by atoms with E-state index >= 15 is 0 Å². The fourth-order valence-electron chi connectivity index (χ4n) is 2.09. The van der Waals surface area contributed by atoms with Crippen LogP contribution in [0.15, 0.2) is 0 Å². The fraction of sp³-hybridized carbons (Fsp3) is 0.727. The molecule has 94 valence electrons. The summed E-state index contributed by atoms with van der Waals surface area (Å²) in [5.41, 5.74) is 0. The summed E-state index contributed by atoms with van der Waals surface area (Å²) in [4.78, 5) is 12.5. The van der Waals surface area contributed by atoms with Gasteiger partial charge in [0.15, 0.2) is 0 Å². The van der Waals surface area contributed by atoms with Crippen molar-refractivity contribution in [3.8, 4) is 6.01 Å². The Morgan fingerprint density at radius 1 is 1.18 bits per heavy atom. The smallest absolute Gasteiger partial charge is 0.322 e. The van der Waals surface area contributed by atoms with Crippen LogP contribution in [0.4, 0.5) is 11.9 Å². The third-order valence-corrected chi connectivity index (χ3v) is 3.04. The van der Waals surface area contributed by atoms with Gasteiger partial charge >= 0.3 is 6.01 Å². The van der Waals surface area contributed by atoms with Gasteiger partial charge in [-0.05, 0) is 18.8 Å². The summed E-state index contributed by atoms with van der Waals surface area (Å²) >= 11 is 0. The van der Waals surface area contributed by atoms with Crippen LogP contribution < -0.4 is 15.4 Å². The van der Waals surface area contributed by atoms with E-state index in [-0.39, 0.29) is 0 Å². The van der Waals surface area contributed by atoms with E-state index in [4.69, 9.17) is 4.74 Å². The molecule has 0 atom stereocenters. The zero-order chi connectivity index (χ0) is 12.1. The maximum atomic E-state index is 5.03. The lowest BCUT2D eigenvalue weighted by atomic mass is 10.1. The number of nitrogens with zero attached hydrogens (tertiary/aromatic N) is 3. The van der Waals surface area contributed by atoms with Crippen LogP contribution in [0.2, 0.25) is 0 Å². The minimum Gasteiger partial charge on any atom is -0.467 e. The number of methoxy groups -OCH3 is 1. The van der Waals surface area contributed by atoms with Crippen molar-refractivity contribution < 1.29 is 4.74 Å². The molecule has 17 heavy (non-hydrogen) atoms. The Hall–Kier alpha value is -1.59. The van der Waals surface area contributed by atoms with Gasteiger partial charge in [0, 0.05) is 13.6 Å². The molecule has 0 amide bonds. The minimum absolute atomic E-state index is 0.332. The summed E-state index contributed by atoms with van der Waals surface area (Å²) in [6.45, 7) is 0.927. The van der Waals surface area contributed by atoms with E-state index in [0.717, 1.165) is 12.5 Å². The molecule has 1 aliphatic carbocycles. The lowest BCUT2D eigenvalue weighted by Crippen LogP contribution is -2.14. The van der Waals surface area contributed by atoms with E-state index in [1.54, 1.807) is 14.2 Å². The van der Waals surface area contributed by atoms with Crippen molar-refractivity contribution in [2.75, 3.05) is 31.3 Å². The molecule has 2 N–H and O–H groups in total. The summed E-state index contributed by atoms with van der Waals surface area (Å²) in [7, 11) is 3.32. The van der Waals surface area contributed by atoms with Crippen molar-refractivity contribution in [2.24, 2.45) is 5.92 Å². The number of rotatable bonds is 5. The van der Waals surface area contributed by atoms with Crippen LogP contribution >= 0.6 is 0 Å². The Kier molecular flexibility index (Phi) is 3.95. The second-order valence-corrected chi connectivity index (χ2v) is 4.25. The average molecular weight is 237 g/mol. The Morgan fingerprint density at radius 3 is 2.53 bits per heavy atom. The van der Waals surface area contributed by atoms with Gasteiger partial charge in [0.1, 0.15) is 0 Å². The minimum atomic E-state index is 0.332. The molecule has 2 rings (SSSR count). The first kappa shape index (κ1) is 11.9. The van der Waals surface area contributed by atoms with Gasteiger partial charge in [0.05, 0.1) is 7.11 Å². The highest BCUT2D eigenvalue weighted by molar-refractivity contribution is 5.35. The van der Waals surface area contributed by atoms with Gasteiger partial charge in [0.2, 0.25) is 11.9 Å². The molecule has 0 radical (unpaired) electrons. The molecule has 0 aliphatic heterocycles. The molecule has 1 saturated carbocycles. The molecule has 0 spiro atoms. The largest absolute Gasteiger partial charge is 0.467 e. The summed E-state index contributed by atoms with van der Waals surface area (Å²) in [6.07, 6.45) is 5.28. The number of aromatic nitrogens is 3. The van der Waals surface area contributed by atoms with Crippen LogP contribution in [-0.2, 0) is 0 Å². The molecule has 6 heteroatoms. The molecule has 0 unspecified atom stereocenters. The van der Waals surface area contributed by atoms with E-state index in [0.29, 0.717) is 17.9 Å². The molecular weight excluding hydrogens is 218 g/mol. The Bertz CT molecular complexity index is 343. The van der Waals surface area contributed by atoms with Crippen molar-refractivity contribution in [1.82, 2.24) is 15.0 Å². The number of hydrogen-bond donors (Lipinski definition) is 2. The summed E-state index contributed by atoms with van der Waals surface area (Å²) < 4.78 is 5.03. The summed E-state index contributed by atoms with van der Waals surface area (Å²) in [5, 5.41) is 6.14. The fourth-order valence-corrected chi connectivity index (χ4v) is 2.09. The predicted octanol–water partition coefficient (Wildman–Crippen LogP) is 1.52. The Morgan fingerprint density at radius 2 is 1.88 bits per heavy atom. The quantitative estimate of drug-likeness (QED) is 0.809. The van der Waals surface area contributed by atoms with E-state index < -0.39 is 0 Å². The van der Waals surface area contributed by atoms with Crippen LogP contribution in [0.3, 0.4) is 0 Å². The van der Waals surface area contributed by atoms with Gasteiger partial charge in [-0.15, -0.1) is 0 Å². The first-order chi connectivity index (χ1) is 8.31. The number of ether oxygens (including phenoxy) is 1. The predicted molar refractivity (Wildman–Crippen MR) is 66.4 cm³/mol. The zero-order valence-electron chi connectivity index (χ0n) is 10.4. The standard InChI is InChI=1S/C11H19N5O/c1-12-9-14-10(16-11(15-9)17-2)13-7-8-5-3-4-6-8/h8H,3-7H2,1-2H3,(H2,12,13,14,15,16). The van der Waals surface area contributed by atoms with Crippen molar-refractivity contribution in [1.29, 1.82) is 0 Å². The van der Waals surface area contributed by atoms with Gasteiger partial charge in [-0.2, -0.15) is 15.0 Å². The molecule has 6 nitrogen and oxygen atoms in total. The molecule has 1 aliphatic rings. The molecular formula is C11H19N5O. The Labute approximate surface area is 101 Å². The molecule has 0 bridgehead atoms. The van der Waals surface area contributed by atoms with Crippen LogP contribution in [-0.4, -0.2) is 35.7 Å². The normalized spacial score (nSPS) is 15.9. The topological polar surface area (TPSA) is 72.0 Å². The molecule has 1 aromatic heterocycles. The monoisotopic (exact) mass is 237 g/mol. The lowest BCUT2D eigenvalue weighted by molar-refractivity contribution is 0.379. The number of nitrogens with one attached hydrogen (secondary N) is 2. The third kappa shape index (κ3) is 3.18. The zero-order valence-corrected chi connectivity index (χ0v) is 10.4. The second kappa shape index (κ2) is 5.65. The molecule has 1 fully saturated rings. The van der Waals surface area contributed by atoms with Crippen LogP contribution in [0.25, 0.3) is 0 Å². The van der Waals surface area contributed by atoms with E-state index in [1.165, 1.54) is 25.7 Å². The van der Waals surface area contributed by atoms with Gasteiger partial charge in [-0.1, -0.05) is 12.8 Å². The van der Waals surface area contributed by atoms with Crippen LogP contribution in [0, 0.1) is 5.92 Å². The van der Waals surface area contributed by atoms with Crippen molar-refractivity contribution in [3.05, 3.63) is 0 Å². The summed E-state index contributed by atoms with van der Waals surface area (Å²) in [5.74, 6) is 1.84. The van der Waals surface area contributed by atoms with Crippen LogP contribution in [0.1, 0.15) is 25.7 Å². The van der Waals surface area contributed by atoms with Gasteiger partial charge in [-0.25, -0.2) is 0 Å². The average Bonchev–Trinajstić information content (AvgIpc) is 2.89. The molecule has 0 saturated heterocycles. The third-order valence-electron chi connectivity index (χ3n) is 3.04. The highest BCUT2D eigenvalue weighted by atomic mass is 16.5. The Balaban J connectivity index is 1.98. The molecule has 1 aromatic rings. The SMILES string of the molecule is CNc1nc(NCC2CCCC2)nc(OC)n1. The number of anilines is 2. The highest BCUT2D eigenvalue weighted by Gasteiger charge is 2.15. The van der Waals surface area contributed by atoms with Crippen LogP contribution in [0.5, 0.6) is 6.01 Å². The van der Waals surface area contributed by atoms with E-state index in [9.17, 15) is 0 Å². The molecule has 0 aromatic carbocycles. The maximum absolute atomic E-state index is 5.03. The van der Waals surface area contributed by atoms with Crippen molar-refractivity contribution >= 4 is 11.9 Å². The number of hydrogen-bond acceptors (Lipinski definition) is 6.